The molecule has 0 bridgehead atoms. The number of nitrogens with one attached hydrogen (secondary N) is 2. The molecular weight excluding hydrogens is 248 g/mol. The minimum absolute atomic E-state index is 0.282. The van der Waals surface area contributed by atoms with E-state index in [1.54, 1.807) is 20.8 Å². The summed E-state index contributed by atoms with van der Waals surface area (Å²) in [6.45, 7) is 7.02. The van der Waals surface area contributed by atoms with E-state index in [0.717, 1.165) is 25.9 Å². The number of hydrogen-bond donors (Lipinski definition) is 3. The standard InChI is InChI=1S/C13H24N2O4/c1-13(2,3)19-12(18)15-10(11(16)17)7-9-5-4-6-14-8-9/h9-10,14H,4-8H2,1-3H3,(H,15,18)(H,16,17)/t9-,10?/m0/s1. The van der Waals surface area contributed by atoms with Gasteiger partial charge in [0.2, 0.25) is 0 Å². The van der Waals surface area contributed by atoms with E-state index in [0.29, 0.717) is 6.42 Å². The van der Waals surface area contributed by atoms with Crippen molar-refractivity contribution in [2.75, 3.05) is 13.1 Å². The Morgan fingerprint density at radius 1 is 1.47 bits per heavy atom. The number of carbonyl (C=O) groups is 2. The van der Waals surface area contributed by atoms with Crippen LogP contribution in [0, 0.1) is 5.92 Å². The van der Waals surface area contributed by atoms with Crippen LogP contribution in [0.15, 0.2) is 0 Å². The molecule has 110 valence electrons. The molecule has 0 aliphatic carbocycles. The molecule has 1 aliphatic heterocycles. The van der Waals surface area contributed by atoms with Gasteiger partial charge in [0.1, 0.15) is 11.6 Å². The Kier molecular flexibility index (Phi) is 5.60. The zero-order chi connectivity index (χ0) is 14.5. The van der Waals surface area contributed by atoms with E-state index in [1.807, 2.05) is 0 Å². The van der Waals surface area contributed by atoms with Gasteiger partial charge in [0.05, 0.1) is 0 Å². The van der Waals surface area contributed by atoms with Gasteiger partial charge in [-0.1, -0.05) is 0 Å². The van der Waals surface area contributed by atoms with Crippen LogP contribution in [0.25, 0.3) is 0 Å². The number of piperidine rings is 1. The summed E-state index contributed by atoms with van der Waals surface area (Å²) in [4.78, 5) is 22.8. The van der Waals surface area contributed by atoms with Gasteiger partial charge >= 0.3 is 12.1 Å². The maximum Gasteiger partial charge on any atom is 0.408 e. The average molecular weight is 272 g/mol. The van der Waals surface area contributed by atoms with E-state index in [2.05, 4.69) is 10.6 Å². The first-order chi connectivity index (χ1) is 8.78. The second kappa shape index (κ2) is 6.75. The highest BCUT2D eigenvalue weighted by Crippen LogP contribution is 2.16. The van der Waals surface area contributed by atoms with Crippen LogP contribution in [0.2, 0.25) is 0 Å². The van der Waals surface area contributed by atoms with Gasteiger partial charge in [-0.25, -0.2) is 9.59 Å². The Balaban J connectivity index is 2.48. The lowest BCUT2D eigenvalue weighted by atomic mass is 9.92. The van der Waals surface area contributed by atoms with Crippen molar-refractivity contribution in [3.63, 3.8) is 0 Å². The Morgan fingerprint density at radius 3 is 2.63 bits per heavy atom. The molecule has 1 rings (SSSR count). The molecule has 1 aliphatic rings. The van der Waals surface area contributed by atoms with E-state index in [9.17, 15) is 9.59 Å². The number of carboxylic acids is 1. The lowest BCUT2D eigenvalue weighted by molar-refractivity contribution is -0.140. The molecule has 0 radical (unpaired) electrons. The molecule has 0 aromatic rings. The summed E-state index contributed by atoms with van der Waals surface area (Å²) < 4.78 is 5.08. The first-order valence-corrected chi connectivity index (χ1v) is 6.71. The van der Waals surface area contributed by atoms with Gasteiger partial charge in [-0.3, -0.25) is 0 Å². The molecule has 0 spiro atoms. The molecule has 1 fully saturated rings. The third-order valence-electron chi connectivity index (χ3n) is 2.96. The van der Waals surface area contributed by atoms with Crippen molar-refractivity contribution in [1.29, 1.82) is 0 Å². The largest absolute Gasteiger partial charge is 0.480 e. The molecule has 1 saturated heterocycles. The second-order valence-corrected chi connectivity index (χ2v) is 5.99. The smallest absolute Gasteiger partial charge is 0.408 e. The molecule has 1 heterocycles. The normalized spacial score (nSPS) is 21.5. The number of carboxylic acid groups (broad SMARTS) is 1. The van der Waals surface area contributed by atoms with Gasteiger partial charge in [0, 0.05) is 0 Å². The van der Waals surface area contributed by atoms with Crippen molar-refractivity contribution >= 4 is 12.1 Å². The predicted molar refractivity (Wildman–Crippen MR) is 71.0 cm³/mol. The number of alkyl carbamates (subject to hydrolysis) is 1. The van der Waals surface area contributed by atoms with Crippen molar-refractivity contribution in [3.8, 4) is 0 Å². The van der Waals surface area contributed by atoms with Gasteiger partial charge in [0.25, 0.3) is 0 Å². The first kappa shape index (κ1) is 15.8. The van der Waals surface area contributed by atoms with E-state index in [4.69, 9.17) is 9.84 Å². The molecule has 3 N–H and O–H groups in total. The van der Waals surface area contributed by atoms with Crippen LogP contribution in [-0.2, 0) is 9.53 Å². The van der Waals surface area contributed by atoms with Crippen LogP contribution in [-0.4, -0.2) is 41.9 Å². The van der Waals surface area contributed by atoms with Crippen LogP contribution in [0.1, 0.15) is 40.0 Å². The highest BCUT2D eigenvalue weighted by molar-refractivity contribution is 5.80. The fourth-order valence-electron chi connectivity index (χ4n) is 2.13. The number of rotatable bonds is 4. The van der Waals surface area contributed by atoms with Gasteiger partial charge < -0.3 is 20.5 Å². The molecule has 0 aromatic heterocycles. The van der Waals surface area contributed by atoms with Crippen LogP contribution in [0.4, 0.5) is 4.79 Å². The van der Waals surface area contributed by atoms with E-state index in [1.165, 1.54) is 0 Å². The quantitative estimate of drug-likeness (QED) is 0.719. The Bertz CT molecular complexity index is 319. The fourth-order valence-corrected chi connectivity index (χ4v) is 2.13. The maximum absolute atomic E-state index is 11.6. The third kappa shape index (κ3) is 6.42. The summed E-state index contributed by atoms with van der Waals surface area (Å²) in [5.74, 6) is -0.735. The third-order valence-corrected chi connectivity index (χ3v) is 2.96. The zero-order valence-electron chi connectivity index (χ0n) is 11.9. The number of hydrogen-bond acceptors (Lipinski definition) is 4. The van der Waals surface area contributed by atoms with E-state index in [-0.39, 0.29) is 5.92 Å². The van der Waals surface area contributed by atoms with Crippen LogP contribution < -0.4 is 10.6 Å². The minimum atomic E-state index is -1.02. The number of aliphatic carboxylic acids is 1. The molecule has 1 unspecified atom stereocenters. The molecule has 2 atom stereocenters. The molecular formula is C13H24N2O4. The zero-order valence-corrected chi connectivity index (χ0v) is 11.9. The fraction of sp³-hybridized carbons (Fsp3) is 0.846. The van der Waals surface area contributed by atoms with Crippen molar-refractivity contribution < 1.29 is 19.4 Å². The van der Waals surface area contributed by atoms with E-state index < -0.39 is 23.7 Å². The van der Waals surface area contributed by atoms with Gasteiger partial charge in [0.15, 0.2) is 0 Å². The lowest BCUT2D eigenvalue weighted by Gasteiger charge is -2.27. The maximum atomic E-state index is 11.6. The average Bonchev–Trinajstić information content (AvgIpc) is 2.26. The molecule has 0 saturated carbocycles. The van der Waals surface area contributed by atoms with Crippen molar-refractivity contribution in [3.05, 3.63) is 0 Å². The molecule has 6 nitrogen and oxygen atoms in total. The van der Waals surface area contributed by atoms with Crippen LogP contribution in [0.3, 0.4) is 0 Å². The number of ether oxygens (including phenoxy) is 1. The van der Waals surface area contributed by atoms with E-state index >= 15 is 0 Å². The summed E-state index contributed by atoms with van der Waals surface area (Å²) >= 11 is 0. The van der Waals surface area contributed by atoms with Gasteiger partial charge in [-0.15, -0.1) is 0 Å². The second-order valence-electron chi connectivity index (χ2n) is 5.99. The topological polar surface area (TPSA) is 87.7 Å². The summed E-state index contributed by atoms with van der Waals surface area (Å²) in [6.07, 6.45) is 1.79. The number of carbonyl (C=O) groups excluding carboxylic acids is 1. The Hall–Kier alpha value is -1.30. The van der Waals surface area contributed by atoms with Crippen molar-refractivity contribution in [2.45, 2.75) is 51.7 Å². The first-order valence-electron chi connectivity index (χ1n) is 6.71. The Labute approximate surface area is 113 Å². The molecule has 1 amide bonds. The summed E-state index contributed by atoms with van der Waals surface area (Å²) in [6, 6.07) is -0.889. The predicted octanol–water partition coefficient (Wildman–Crippen LogP) is 1.35. The number of amides is 1. The monoisotopic (exact) mass is 272 g/mol. The lowest BCUT2D eigenvalue weighted by Crippen LogP contribution is -2.45. The summed E-state index contributed by atoms with van der Waals surface area (Å²) in [5, 5.41) is 14.8. The molecule has 6 heteroatoms. The van der Waals surface area contributed by atoms with Crippen LogP contribution in [0.5, 0.6) is 0 Å². The van der Waals surface area contributed by atoms with Crippen LogP contribution >= 0.6 is 0 Å². The molecule has 0 aromatic carbocycles. The van der Waals surface area contributed by atoms with Gasteiger partial charge in [-0.05, 0) is 59.0 Å². The highest BCUT2D eigenvalue weighted by atomic mass is 16.6. The minimum Gasteiger partial charge on any atom is -0.480 e. The SMILES string of the molecule is CC(C)(C)OC(=O)NC(C[C@@H]1CCCNC1)C(=O)O. The highest BCUT2D eigenvalue weighted by Gasteiger charge is 2.27. The van der Waals surface area contributed by atoms with Crippen molar-refractivity contribution in [1.82, 2.24) is 10.6 Å². The molecule has 19 heavy (non-hydrogen) atoms. The summed E-state index contributed by atoms with van der Waals surface area (Å²) in [7, 11) is 0. The summed E-state index contributed by atoms with van der Waals surface area (Å²) in [5.41, 5.74) is -0.625. The Morgan fingerprint density at radius 2 is 2.16 bits per heavy atom. The van der Waals surface area contributed by atoms with Gasteiger partial charge in [-0.2, -0.15) is 0 Å². The van der Waals surface area contributed by atoms with Crippen molar-refractivity contribution in [2.24, 2.45) is 5.92 Å².